The summed E-state index contributed by atoms with van der Waals surface area (Å²) in [6.07, 6.45) is 3.14. The van der Waals surface area contributed by atoms with Crippen LogP contribution in [0.1, 0.15) is 83.2 Å². The molecule has 4 aromatic rings. The van der Waals surface area contributed by atoms with Crippen LogP contribution in [0.4, 0.5) is 10.6 Å². The van der Waals surface area contributed by atoms with Gasteiger partial charge in [0, 0.05) is 49.4 Å². The third-order valence-corrected chi connectivity index (χ3v) is 9.30. The van der Waals surface area contributed by atoms with Gasteiger partial charge in [0.1, 0.15) is 34.7 Å². The van der Waals surface area contributed by atoms with Gasteiger partial charge >= 0.3 is 12.1 Å². The normalized spacial score (nSPS) is 14.8. The fraction of sp³-hybridized carbons (Fsp3) is 0.538. The van der Waals surface area contributed by atoms with Crippen LogP contribution in [-0.2, 0) is 17.8 Å². The van der Waals surface area contributed by atoms with E-state index >= 15 is 0 Å². The lowest BCUT2D eigenvalue weighted by atomic mass is 9.90. The van der Waals surface area contributed by atoms with E-state index in [2.05, 4.69) is 11.8 Å². The number of aliphatic hydroxyl groups is 1. The molecule has 14 nitrogen and oxygen atoms in total. The highest BCUT2D eigenvalue weighted by Gasteiger charge is 2.33. The van der Waals surface area contributed by atoms with Crippen LogP contribution in [-0.4, -0.2) is 88.9 Å². The number of amides is 1. The molecule has 1 N–H and O–H groups in total. The number of carbonyl (C=O) groups is 1. The molecule has 1 aliphatic heterocycles. The van der Waals surface area contributed by atoms with E-state index in [0.29, 0.717) is 79.2 Å². The van der Waals surface area contributed by atoms with Gasteiger partial charge in [-0.05, 0) is 77.1 Å². The van der Waals surface area contributed by atoms with Crippen molar-refractivity contribution in [1.82, 2.24) is 24.5 Å². The fourth-order valence-corrected chi connectivity index (χ4v) is 6.52. The largest absolute Gasteiger partial charge is 0.497 e. The predicted molar refractivity (Wildman–Crippen MR) is 200 cm³/mol. The summed E-state index contributed by atoms with van der Waals surface area (Å²) in [4.78, 5) is 26.3. The van der Waals surface area contributed by atoms with E-state index in [1.807, 2.05) is 64.1 Å². The number of likely N-dealkylation sites (tertiary alicyclic amines) is 1. The van der Waals surface area contributed by atoms with Crippen LogP contribution in [0.3, 0.4) is 0 Å². The topological polar surface area (TPSA) is 142 Å². The monoisotopic (exact) mass is 734 g/mol. The van der Waals surface area contributed by atoms with Crippen molar-refractivity contribution in [3.8, 4) is 29.0 Å². The van der Waals surface area contributed by atoms with Gasteiger partial charge in [0.25, 0.3) is 0 Å². The molecule has 5 rings (SSSR count). The Hall–Kier alpha value is -4.98. The third-order valence-electron chi connectivity index (χ3n) is 9.30. The first-order chi connectivity index (χ1) is 25.4. The molecule has 3 heterocycles. The van der Waals surface area contributed by atoms with Crippen LogP contribution in [0.25, 0.3) is 5.65 Å². The summed E-state index contributed by atoms with van der Waals surface area (Å²) in [7, 11) is 6.48. The second kappa shape index (κ2) is 17.2. The minimum atomic E-state index is -0.911. The van der Waals surface area contributed by atoms with Crippen LogP contribution in [0.15, 0.2) is 42.6 Å². The molecule has 2 atom stereocenters. The molecular formula is C39H54N6O8. The van der Waals surface area contributed by atoms with Crippen molar-refractivity contribution in [3.63, 3.8) is 0 Å². The SMILES string of the molecule is CCCC(C)Oc1nc(N(Cc2ccc(OC)cc2OC)Cc2ccc(OC)cc2OC)c2ncc(C(O)C3CCN(C(=O)OC(C)(C)C)CC3)n2n1. The molecular weight excluding hydrogens is 680 g/mol. The average molecular weight is 735 g/mol. The quantitative estimate of drug-likeness (QED) is 0.140. The first-order valence-corrected chi connectivity index (χ1v) is 18.1. The lowest BCUT2D eigenvalue weighted by molar-refractivity contribution is 0.00686. The fourth-order valence-electron chi connectivity index (χ4n) is 6.52. The molecule has 288 valence electrons. The number of rotatable bonds is 15. The molecule has 2 aromatic heterocycles. The van der Waals surface area contributed by atoms with Crippen molar-refractivity contribution in [2.45, 2.75) is 91.2 Å². The maximum absolute atomic E-state index is 12.7. The van der Waals surface area contributed by atoms with E-state index in [1.54, 1.807) is 44.1 Å². The predicted octanol–water partition coefficient (Wildman–Crippen LogP) is 6.61. The maximum Gasteiger partial charge on any atom is 0.410 e. The van der Waals surface area contributed by atoms with Crippen molar-refractivity contribution < 1.29 is 38.3 Å². The van der Waals surface area contributed by atoms with Crippen LogP contribution < -0.4 is 28.6 Å². The minimum absolute atomic E-state index is 0.140. The maximum atomic E-state index is 12.7. The number of hydrogen-bond acceptors (Lipinski definition) is 12. The smallest absolute Gasteiger partial charge is 0.410 e. The van der Waals surface area contributed by atoms with Crippen molar-refractivity contribution in [1.29, 1.82) is 0 Å². The Morgan fingerprint density at radius 3 is 2.04 bits per heavy atom. The second-order valence-electron chi connectivity index (χ2n) is 14.3. The lowest BCUT2D eigenvalue weighted by Crippen LogP contribution is -2.42. The molecule has 0 bridgehead atoms. The Kier molecular flexibility index (Phi) is 12.8. The molecule has 0 saturated carbocycles. The number of methoxy groups -OCH3 is 4. The number of fused-ring (bicyclic) bond motifs is 1. The van der Waals surface area contributed by atoms with Crippen LogP contribution in [0, 0.1) is 5.92 Å². The van der Waals surface area contributed by atoms with Gasteiger partial charge in [-0.15, -0.1) is 5.10 Å². The number of imidazole rings is 1. The van der Waals surface area contributed by atoms with Gasteiger partial charge in [0.2, 0.25) is 0 Å². The summed E-state index contributed by atoms with van der Waals surface area (Å²) in [5.74, 6) is 2.98. The van der Waals surface area contributed by atoms with Crippen LogP contribution in [0.5, 0.6) is 29.0 Å². The number of piperidine rings is 1. The van der Waals surface area contributed by atoms with Crippen LogP contribution in [0.2, 0.25) is 0 Å². The number of ether oxygens (including phenoxy) is 6. The van der Waals surface area contributed by atoms with Crippen LogP contribution >= 0.6 is 0 Å². The van der Waals surface area contributed by atoms with E-state index in [-0.39, 0.29) is 24.1 Å². The van der Waals surface area contributed by atoms with Gasteiger partial charge < -0.3 is 43.3 Å². The average Bonchev–Trinajstić information content (AvgIpc) is 3.57. The molecule has 0 radical (unpaired) electrons. The second-order valence-corrected chi connectivity index (χ2v) is 14.3. The lowest BCUT2D eigenvalue weighted by Gasteiger charge is -2.35. The van der Waals surface area contributed by atoms with Crippen molar-refractivity contribution in [2.75, 3.05) is 46.4 Å². The third kappa shape index (κ3) is 9.53. The number of benzene rings is 2. The van der Waals surface area contributed by atoms with Gasteiger partial charge in [-0.1, -0.05) is 13.3 Å². The Labute approximate surface area is 311 Å². The van der Waals surface area contributed by atoms with E-state index in [9.17, 15) is 9.90 Å². The van der Waals surface area contributed by atoms with Gasteiger partial charge in [0.05, 0.1) is 46.4 Å². The van der Waals surface area contributed by atoms with E-state index in [1.165, 1.54) is 0 Å². The van der Waals surface area contributed by atoms with Crippen molar-refractivity contribution in [2.24, 2.45) is 5.92 Å². The zero-order valence-corrected chi connectivity index (χ0v) is 32.4. The molecule has 2 unspecified atom stereocenters. The summed E-state index contributed by atoms with van der Waals surface area (Å²) in [6, 6.07) is 11.5. The Morgan fingerprint density at radius 2 is 1.53 bits per heavy atom. The van der Waals surface area contributed by atoms with Crippen molar-refractivity contribution >= 4 is 17.6 Å². The highest BCUT2D eigenvalue weighted by atomic mass is 16.6. The van der Waals surface area contributed by atoms with Gasteiger partial charge in [0.15, 0.2) is 11.5 Å². The molecule has 14 heteroatoms. The Balaban J connectivity index is 1.57. The zero-order chi connectivity index (χ0) is 38.3. The molecule has 0 spiro atoms. The summed E-state index contributed by atoms with van der Waals surface area (Å²) in [5.41, 5.74) is 2.13. The molecule has 1 fully saturated rings. The highest BCUT2D eigenvalue weighted by Crippen LogP contribution is 2.36. The number of carbonyl (C=O) groups excluding carboxylic acids is 1. The summed E-state index contributed by atoms with van der Waals surface area (Å²) >= 11 is 0. The first kappa shape index (κ1) is 39.2. The van der Waals surface area contributed by atoms with E-state index < -0.39 is 11.7 Å². The first-order valence-electron chi connectivity index (χ1n) is 18.1. The van der Waals surface area contributed by atoms with Crippen molar-refractivity contribution in [3.05, 3.63) is 59.4 Å². The molecule has 0 aliphatic carbocycles. The van der Waals surface area contributed by atoms with E-state index in [0.717, 1.165) is 24.0 Å². The molecule has 1 aliphatic rings. The molecule has 2 aromatic carbocycles. The minimum Gasteiger partial charge on any atom is -0.497 e. The van der Waals surface area contributed by atoms with Gasteiger partial charge in [-0.2, -0.15) is 4.98 Å². The summed E-state index contributed by atoms with van der Waals surface area (Å²) in [5, 5.41) is 16.7. The summed E-state index contributed by atoms with van der Waals surface area (Å²) in [6.45, 7) is 11.3. The zero-order valence-electron chi connectivity index (χ0n) is 32.4. The Bertz CT molecular complexity index is 1780. The summed E-state index contributed by atoms with van der Waals surface area (Å²) < 4.78 is 36.1. The number of anilines is 1. The number of hydrogen-bond donors (Lipinski definition) is 1. The van der Waals surface area contributed by atoms with Gasteiger partial charge in [-0.3, -0.25) is 0 Å². The molecule has 1 amide bonds. The standard InChI is InChI=1S/C39H54N6O8/c1-10-11-25(2)52-37-41-36(35-40-22-31(45(35)42-37)34(46)26-16-18-43(19-17-26)38(47)53-39(3,4)5)44(23-27-12-14-29(48-6)20-32(27)50-8)24-28-13-15-30(49-7)21-33(28)51-9/h12-15,20-22,25-26,34,46H,10-11,16-19,23-24H2,1-9H3. The number of aliphatic hydroxyl groups excluding tert-OH is 1. The molecule has 53 heavy (non-hydrogen) atoms. The number of aromatic nitrogens is 4. The molecule has 1 saturated heterocycles. The number of nitrogens with zero attached hydrogens (tertiary/aromatic N) is 6. The van der Waals surface area contributed by atoms with E-state index in [4.69, 9.17) is 43.5 Å². The Morgan fingerprint density at radius 1 is 0.943 bits per heavy atom. The van der Waals surface area contributed by atoms with Gasteiger partial charge in [-0.25, -0.2) is 14.3 Å². The highest BCUT2D eigenvalue weighted by molar-refractivity contribution is 5.68.